The number of benzene rings is 2. The number of carbonyl (C=O) groups is 2. The summed E-state index contributed by atoms with van der Waals surface area (Å²) in [5, 5.41) is 9.67. The predicted octanol–water partition coefficient (Wildman–Crippen LogP) is 3.22. The number of rotatable bonds is 6. The van der Waals surface area contributed by atoms with Crippen molar-refractivity contribution in [1.29, 1.82) is 0 Å². The molecular formula is C21H20N4O3. The molecule has 1 heterocycles. The summed E-state index contributed by atoms with van der Waals surface area (Å²) in [4.78, 5) is 36.4. The molecule has 142 valence electrons. The van der Waals surface area contributed by atoms with E-state index >= 15 is 0 Å². The van der Waals surface area contributed by atoms with Crippen LogP contribution >= 0.6 is 0 Å². The number of anilines is 2. The highest BCUT2D eigenvalue weighted by Crippen LogP contribution is 2.16. The summed E-state index contributed by atoms with van der Waals surface area (Å²) in [7, 11) is 0. The molecule has 28 heavy (non-hydrogen) atoms. The molecule has 0 aliphatic carbocycles. The number of hydrogen-bond acceptors (Lipinski definition) is 4. The van der Waals surface area contributed by atoms with Gasteiger partial charge in [0.1, 0.15) is 5.69 Å². The highest BCUT2D eigenvalue weighted by atomic mass is 16.2. The molecule has 0 radical (unpaired) electrons. The van der Waals surface area contributed by atoms with E-state index in [1.165, 1.54) is 16.8 Å². The van der Waals surface area contributed by atoms with Gasteiger partial charge in [0, 0.05) is 23.9 Å². The largest absolute Gasteiger partial charge is 0.326 e. The number of carbonyl (C=O) groups excluding carboxylic acids is 2. The number of aromatic nitrogens is 2. The van der Waals surface area contributed by atoms with Gasteiger partial charge >= 0.3 is 0 Å². The van der Waals surface area contributed by atoms with Gasteiger partial charge in [-0.15, -0.1) is 0 Å². The van der Waals surface area contributed by atoms with Crippen LogP contribution in [0.3, 0.4) is 0 Å². The third-order valence-corrected chi connectivity index (χ3v) is 3.91. The maximum atomic E-state index is 12.6. The van der Waals surface area contributed by atoms with E-state index in [0.717, 1.165) is 6.42 Å². The molecule has 0 aliphatic heterocycles. The lowest BCUT2D eigenvalue weighted by Crippen LogP contribution is -2.24. The van der Waals surface area contributed by atoms with Gasteiger partial charge in [0.2, 0.25) is 5.91 Å². The highest BCUT2D eigenvalue weighted by Gasteiger charge is 2.11. The van der Waals surface area contributed by atoms with Crippen molar-refractivity contribution in [2.45, 2.75) is 19.8 Å². The molecular weight excluding hydrogens is 356 g/mol. The van der Waals surface area contributed by atoms with E-state index in [4.69, 9.17) is 0 Å². The summed E-state index contributed by atoms with van der Waals surface area (Å²) in [5.41, 5.74) is 1.45. The van der Waals surface area contributed by atoms with Gasteiger partial charge in [0.15, 0.2) is 0 Å². The Kier molecular flexibility index (Phi) is 5.96. The second-order valence-electron chi connectivity index (χ2n) is 6.14. The van der Waals surface area contributed by atoms with E-state index in [0.29, 0.717) is 23.5 Å². The standard InChI is InChI=1S/C21H20N4O3/c1-2-7-19(26)22-15-8-6-9-16(14-15)23-21(28)18-12-13-20(27)25(24-18)17-10-4-3-5-11-17/h3-6,8-14H,2,7H2,1H3,(H,22,26)(H,23,28). The number of hydrogen-bond donors (Lipinski definition) is 2. The van der Waals surface area contributed by atoms with Crippen LogP contribution in [-0.4, -0.2) is 21.6 Å². The molecule has 0 aliphatic rings. The second-order valence-corrected chi connectivity index (χ2v) is 6.14. The summed E-state index contributed by atoms with van der Waals surface area (Å²) in [5.74, 6) is -0.538. The van der Waals surface area contributed by atoms with Gasteiger partial charge in [-0.25, -0.2) is 0 Å². The fourth-order valence-electron chi connectivity index (χ4n) is 2.61. The van der Waals surface area contributed by atoms with Crippen molar-refractivity contribution in [2.24, 2.45) is 0 Å². The topological polar surface area (TPSA) is 93.1 Å². The number of para-hydroxylation sites is 1. The molecule has 2 amide bonds. The molecule has 2 N–H and O–H groups in total. The Morgan fingerprint density at radius 3 is 2.36 bits per heavy atom. The zero-order valence-electron chi connectivity index (χ0n) is 15.4. The quantitative estimate of drug-likeness (QED) is 0.691. The Labute approximate surface area is 162 Å². The first kappa shape index (κ1) is 19.0. The van der Waals surface area contributed by atoms with E-state index in [2.05, 4.69) is 15.7 Å². The minimum Gasteiger partial charge on any atom is -0.326 e. The smallest absolute Gasteiger partial charge is 0.276 e. The van der Waals surface area contributed by atoms with Crippen LogP contribution in [0, 0.1) is 0 Å². The van der Waals surface area contributed by atoms with Gasteiger partial charge in [-0.05, 0) is 42.8 Å². The van der Waals surface area contributed by atoms with E-state index in [-0.39, 0.29) is 17.2 Å². The molecule has 1 aromatic heterocycles. The Hall–Kier alpha value is -3.74. The Morgan fingerprint density at radius 2 is 1.64 bits per heavy atom. The molecule has 0 bridgehead atoms. The summed E-state index contributed by atoms with van der Waals surface area (Å²) in [6, 6.07) is 18.4. The van der Waals surface area contributed by atoms with Gasteiger partial charge in [0.25, 0.3) is 11.5 Å². The number of nitrogens with one attached hydrogen (secondary N) is 2. The SMILES string of the molecule is CCCC(=O)Nc1cccc(NC(=O)c2ccc(=O)n(-c3ccccc3)n2)c1. The lowest BCUT2D eigenvalue weighted by molar-refractivity contribution is -0.116. The molecule has 0 unspecified atom stereocenters. The monoisotopic (exact) mass is 376 g/mol. The molecule has 0 atom stereocenters. The van der Waals surface area contributed by atoms with Gasteiger partial charge in [-0.3, -0.25) is 14.4 Å². The average molecular weight is 376 g/mol. The molecule has 2 aromatic carbocycles. The third-order valence-electron chi connectivity index (χ3n) is 3.91. The average Bonchev–Trinajstić information content (AvgIpc) is 2.69. The molecule has 0 saturated carbocycles. The summed E-state index contributed by atoms with van der Waals surface area (Å²) in [6.45, 7) is 1.93. The first-order valence-corrected chi connectivity index (χ1v) is 8.94. The summed E-state index contributed by atoms with van der Waals surface area (Å²) in [6.07, 6.45) is 1.19. The summed E-state index contributed by atoms with van der Waals surface area (Å²) < 4.78 is 1.18. The van der Waals surface area contributed by atoms with Crippen molar-refractivity contribution in [2.75, 3.05) is 10.6 Å². The minimum absolute atomic E-state index is 0.0809. The predicted molar refractivity (Wildman–Crippen MR) is 108 cm³/mol. The van der Waals surface area contributed by atoms with Gasteiger partial charge in [0.05, 0.1) is 5.69 Å². The first-order chi connectivity index (χ1) is 13.6. The molecule has 3 aromatic rings. The maximum absolute atomic E-state index is 12.6. The molecule has 3 rings (SSSR count). The van der Waals surface area contributed by atoms with Crippen molar-refractivity contribution >= 4 is 23.2 Å². The van der Waals surface area contributed by atoms with Crippen molar-refractivity contribution in [3.63, 3.8) is 0 Å². The molecule has 0 fully saturated rings. The third kappa shape index (κ3) is 4.70. The fraction of sp³-hybridized carbons (Fsp3) is 0.143. The summed E-state index contributed by atoms with van der Waals surface area (Å²) >= 11 is 0. The van der Waals surface area contributed by atoms with Gasteiger partial charge in [-0.1, -0.05) is 31.2 Å². The molecule has 0 spiro atoms. The van der Waals surface area contributed by atoms with Crippen molar-refractivity contribution < 1.29 is 9.59 Å². The van der Waals surface area contributed by atoms with Crippen molar-refractivity contribution in [3.8, 4) is 5.69 Å². The fourth-order valence-corrected chi connectivity index (χ4v) is 2.61. The number of amides is 2. The molecule has 7 heteroatoms. The number of nitrogens with zero attached hydrogens (tertiary/aromatic N) is 2. The van der Waals surface area contributed by atoms with Gasteiger partial charge < -0.3 is 10.6 Å². The Bertz CT molecular complexity index is 1040. The van der Waals surface area contributed by atoms with E-state index in [1.54, 1.807) is 48.5 Å². The molecule has 0 saturated heterocycles. The van der Waals surface area contributed by atoms with Crippen LogP contribution in [0.4, 0.5) is 11.4 Å². The zero-order chi connectivity index (χ0) is 19.9. The molecule has 7 nitrogen and oxygen atoms in total. The van der Waals surface area contributed by atoms with Gasteiger partial charge in [-0.2, -0.15) is 9.78 Å². The van der Waals surface area contributed by atoms with Crippen LogP contribution < -0.4 is 16.2 Å². The highest BCUT2D eigenvalue weighted by molar-refractivity contribution is 6.03. The van der Waals surface area contributed by atoms with Crippen LogP contribution in [0.5, 0.6) is 0 Å². The first-order valence-electron chi connectivity index (χ1n) is 8.94. The van der Waals surface area contributed by atoms with Crippen LogP contribution in [0.1, 0.15) is 30.3 Å². The van der Waals surface area contributed by atoms with Crippen LogP contribution in [0.2, 0.25) is 0 Å². The second kappa shape index (κ2) is 8.77. The van der Waals surface area contributed by atoms with Crippen molar-refractivity contribution in [1.82, 2.24) is 9.78 Å². The maximum Gasteiger partial charge on any atom is 0.276 e. The van der Waals surface area contributed by atoms with E-state index in [1.807, 2.05) is 13.0 Å². The zero-order valence-corrected chi connectivity index (χ0v) is 15.4. The minimum atomic E-state index is -0.457. The van der Waals surface area contributed by atoms with Crippen LogP contribution in [-0.2, 0) is 4.79 Å². The van der Waals surface area contributed by atoms with Crippen molar-refractivity contribution in [3.05, 3.63) is 82.8 Å². The Morgan fingerprint density at radius 1 is 0.929 bits per heavy atom. The van der Waals surface area contributed by atoms with Crippen LogP contribution in [0.25, 0.3) is 5.69 Å². The lowest BCUT2D eigenvalue weighted by Gasteiger charge is -2.09. The lowest BCUT2D eigenvalue weighted by atomic mass is 10.2. The van der Waals surface area contributed by atoms with E-state index < -0.39 is 5.91 Å². The van der Waals surface area contributed by atoms with Crippen LogP contribution in [0.15, 0.2) is 71.5 Å². The Balaban J connectivity index is 1.79. The van der Waals surface area contributed by atoms with E-state index in [9.17, 15) is 14.4 Å². The normalized spacial score (nSPS) is 10.3.